The number of benzene rings is 2. The first-order chi connectivity index (χ1) is 16.2. The number of carbonyl (C=O) groups excluding carboxylic acids is 2. The third kappa shape index (κ3) is 6.75. The van der Waals surface area contributed by atoms with Gasteiger partial charge in [0.25, 0.3) is 11.8 Å². The van der Waals surface area contributed by atoms with Gasteiger partial charge in [-0.05, 0) is 95.4 Å². The van der Waals surface area contributed by atoms with E-state index in [2.05, 4.69) is 35.2 Å². The highest BCUT2D eigenvalue weighted by atomic mass is 79.9. The number of ether oxygens (including phenoxy) is 2. The molecule has 1 saturated heterocycles. The number of hydrazine groups is 1. The summed E-state index contributed by atoms with van der Waals surface area (Å²) < 4.78 is 12.7. The van der Waals surface area contributed by atoms with Gasteiger partial charge in [0.1, 0.15) is 0 Å². The minimum absolute atomic E-state index is 0.233. The molecule has 0 saturated carbocycles. The molecule has 3 rings (SSSR count). The number of rotatable bonds is 9. The van der Waals surface area contributed by atoms with Gasteiger partial charge >= 0.3 is 0 Å². The number of nitrogens with one attached hydrogen (secondary N) is 1. The summed E-state index contributed by atoms with van der Waals surface area (Å²) in [4.78, 5) is 25.9. The molecule has 0 unspecified atom stereocenters. The monoisotopic (exact) mass is 582 g/mol. The highest BCUT2D eigenvalue weighted by molar-refractivity contribution is 9.10. The summed E-state index contributed by atoms with van der Waals surface area (Å²) in [7, 11) is 0. The molecule has 0 aliphatic carbocycles. The Morgan fingerprint density at radius 1 is 1.26 bits per heavy atom. The zero-order valence-corrected chi connectivity index (χ0v) is 22.9. The molecule has 2 aromatic carbocycles. The van der Waals surface area contributed by atoms with Crippen molar-refractivity contribution >= 4 is 73.7 Å². The molecular weight excluding hydrogens is 560 g/mol. The van der Waals surface area contributed by atoms with Crippen LogP contribution >= 0.6 is 51.5 Å². The van der Waals surface area contributed by atoms with Crippen LogP contribution in [0.4, 0.5) is 0 Å². The normalized spacial score (nSPS) is 14.8. The molecule has 1 aliphatic heterocycles. The quantitative estimate of drug-likeness (QED) is 0.270. The van der Waals surface area contributed by atoms with Crippen molar-refractivity contribution in [3.63, 3.8) is 0 Å². The molecule has 1 N–H and O–H groups in total. The van der Waals surface area contributed by atoms with Crippen molar-refractivity contribution in [1.82, 2.24) is 10.4 Å². The van der Waals surface area contributed by atoms with Gasteiger partial charge < -0.3 is 9.47 Å². The van der Waals surface area contributed by atoms with Crippen molar-refractivity contribution in [2.75, 3.05) is 13.2 Å². The Morgan fingerprint density at radius 2 is 1.97 bits per heavy atom. The Hall–Kier alpha value is -2.07. The van der Waals surface area contributed by atoms with E-state index in [1.54, 1.807) is 30.3 Å². The van der Waals surface area contributed by atoms with E-state index in [1.165, 1.54) is 0 Å². The van der Waals surface area contributed by atoms with E-state index >= 15 is 0 Å². The molecule has 2 amide bonds. The van der Waals surface area contributed by atoms with Crippen LogP contribution < -0.4 is 14.9 Å². The maximum Gasteiger partial charge on any atom is 0.285 e. The van der Waals surface area contributed by atoms with E-state index in [-0.39, 0.29) is 4.32 Å². The number of nitrogens with zero attached hydrogens (tertiary/aromatic N) is 1. The lowest BCUT2D eigenvalue weighted by Crippen LogP contribution is -2.44. The predicted octanol–water partition coefficient (Wildman–Crippen LogP) is 6.47. The SMILES string of the molecule is CCOc1cc(/C=C2/SC(=S)N(NC(=O)c3ccc(Cl)cc3)C2=O)cc(Br)c1OCCC(C)C. The zero-order valence-electron chi connectivity index (χ0n) is 18.9. The van der Waals surface area contributed by atoms with Gasteiger partial charge in [0.15, 0.2) is 15.8 Å². The summed E-state index contributed by atoms with van der Waals surface area (Å²) in [6.07, 6.45) is 2.63. The van der Waals surface area contributed by atoms with Gasteiger partial charge in [-0.25, -0.2) is 0 Å². The van der Waals surface area contributed by atoms with Crippen LogP contribution in [-0.4, -0.2) is 34.4 Å². The number of amides is 2. The lowest BCUT2D eigenvalue weighted by atomic mass is 10.1. The Bertz CT molecular complexity index is 1120. The van der Waals surface area contributed by atoms with Crippen LogP contribution in [-0.2, 0) is 4.79 Å². The highest BCUT2D eigenvalue weighted by Crippen LogP contribution is 2.39. The van der Waals surface area contributed by atoms with E-state index in [9.17, 15) is 9.59 Å². The summed E-state index contributed by atoms with van der Waals surface area (Å²) in [6, 6.07) is 10.0. The lowest BCUT2D eigenvalue weighted by Gasteiger charge is -2.16. The Kier molecular flexibility index (Phi) is 9.41. The third-order valence-corrected chi connectivity index (χ3v) is 6.83. The first-order valence-electron chi connectivity index (χ1n) is 10.6. The maximum absolute atomic E-state index is 13.0. The molecule has 0 bridgehead atoms. The molecule has 0 radical (unpaired) electrons. The minimum Gasteiger partial charge on any atom is -0.490 e. The van der Waals surface area contributed by atoms with E-state index < -0.39 is 11.8 Å². The maximum atomic E-state index is 13.0. The number of thioether (sulfide) groups is 1. The second-order valence-electron chi connectivity index (χ2n) is 7.76. The second-order valence-corrected chi connectivity index (χ2v) is 10.7. The summed E-state index contributed by atoms with van der Waals surface area (Å²) in [6.45, 7) is 7.21. The average molecular weight is 584 g/mol. The summed E-state index contributed by atoms with van der Waals surface area (Å²) in [5.74, 6) is 0.860. The summed E-state index contributed by atoms with van der Waals surface area (Å²) >= 11 is 15.9. The minimum atomic E-state index is -0.460. The zero-order chi connectivity index (χ0) is 24.8. The van der Waals surface area contributed by atoms with E-state index in [0.29, 0.717) is 46.1 Å². The van der Waals surface area contributed by atoms with Crippen molar-refractivity contribution in [1.29, 1.82) is 0 Å². The Morgan fingerprint density at radius 3 is 2.62 bits per heavy atom. The molecule has 1 fully saturated rings. The van der Waals surface area contributed by atoms with Gasteiger partial charge in [-0.15, -0.1) is 0 Å². The fourth-order valence-corrected chi connectivity index (χ4v) is 4.83. The predicted molar refractivity (Wildman–Crippen MR) is 144 cm³/mol. The van der Waals surface area contributed by atoms with Crippen LogP contribution in [0.1, 0.15) is 43.1 Å². The molecule has 0 aromatic heterocycles. The fraction of sp³-hybridized carbons (Fsp3) is 0.292. The second kappa shape index (κ2) is 12.1. The van der Waals surface area contributed by atoms with Crippen LogP contribution in [0.2, 0.25) is 5.02 Å². The largest absolute Gasteiger partial charge is 0.490 e. The van der Waals surface area contributed by atoms with Crippen molar-refractivity contribution in [3.05, 3.63) is 61.9 Å². The van der Waals surface area contributed by atoms with E-state index in [1.807, 2.05) is 19.1 Å². The molecule has 1 aliphatic rings. The molecule has 0 spiro atoms. The number of halogens is 2. The van der Waals surface area contributed by atoms with Crippen molar-refractivity contribution in [2.45, 2.75) is 27.2 Å². The Labute approximate surface area is 222 Å². The molecule has 2 aromatic rings. The Balaban J connectivity index is 1.79. The van der Waals surface area contributed by atoms with Gasteiger partial charge in [0, 0.05) is 10.6 Å². The lowest BCUT2D eigenvalue weighted by molar-refractivity contribution is -0.123. The standard InChI is InChI=1S/C24H24BrClN2O4S2/c1-4-31-19-12-15(11-18(25)21(19)32-10-9-14(2)3)13-20-23(30)28(24(33)34-20)27-22(29)16-5-7-17(26)8-6-16/h5-8,11-14H,4,9-10H2,1-3H3,(H,27,29)/b20-13+. The van der Waals surface area contributed by atoms with Crippen molar-refractivity contribution in [3.8, 4) is 11.5 Å². The fourth-order valence-electron chi connectivity index (χ4n) is 2.95. The van der Waals surface area contributed by atoms with Gasteiger partial charge in [0.05, 0.1) is 22.6 Å². The smallest absolute Gasteiger partial charge is 0.285 e. The summed E-state index contributed by atoms with van der Waals surface area (Å²) in [5, 5.41) is 1.59. The molecule has 34 heavy (non-hydrogen) atoms. The molecule has 0 atom stereocenters. The van der Waals surface area contributed by atoms with Crippen LogP contribution in [0.25, 0.3) is 6.08 Å². The van der Waals surface area contributed by atoms with Gasteiger partial charge in [0.2, 0.25) is 0 Å². The van der Waals surface area contributed by atoms with Crippen molar-refractivity contribution < 1.29 is 19.1 Å². The highest BCUT2D eigenvalue weighted by Gasteiger charge is 2.34. The topological polar surface area (TPSA) is 67.9 Å². The van der Waals surface area contributed by atoms with Gasteiger partial charge in [-0.1, -0.05) is 37.2 Å². The molecule has 10 heteroatoms. The first kappa shape index (κ1) is 26.5. The molecule has 180 valence electrons. The van der Waals surface area contributed by atoms with Gasteiger partial charge in [-0.3, -0.25) is 15.0 Å². The number of carbonyl (C=O) groups is 2. The molecule has 1 heterocycles. The van der Waals surface area contributed by atoms with E-state index in [4.69, 9.17) is 33.3 Å². The number of hydrogen-bond acceptors (Lipinski definition) is 6. The summed E-state index contributed by atoms with van der Waals surface area (Å²) in [5.41, 5.74) is 3.65. The molecular formula is C24H24BrClN2O4S2. The van der Waals surface area contributed by atoms with Crippen LogP contribution in [0, 0.1) is 5.92 Å². The van der Waals surface area contributed by atoms with Crippen LogP contribution in [0.5, 0.6) is 11.5 Å². The van der Waals surface area contributed by atoms with Gasteiger partial charge in [-0.2, -0.15) is 5.01 Å². The van der Waals surface area contributed by atoms with Crippen molar-refractivity contribution in [2.24, 2.45) is 5.92 Å². The van der Waals surface area contributed by atoms with E-state index in [0.717, 1.165) is 33.2 Å². The third-order valence-electron chi connectivity index (χ3n) is 4.68. The number of thiocarbonyl (C=S) groups is 1. The molecule has 6 nitrogen and oxygen atoms in total. The van der Waals surface area contributed by atoms with Crippen LogP contribution in [0.15, 0.2) is 45.8 Å². The number of hydrogen-bond donors (Lipinski definition) is 1. The van der Waals surface area contributed by atoms with Crippen LogP contribution in [0.3, 0.4) is 0 Å². The average Bonchev–Trinajstić information content (AvgIpc) is 3.03. The first-order valence-corrected chi connectivity index (χ1v) is 13.0.